The number of halogens is 8. The lowest BCUT2D eigenvalue weighted by Crippen LogP contribution is -2.50. The Morgan fingerprint density at radius 2 is 1.48 bits per heavy atom. The summed E-state index contributed by atoms with van der Waals surface area (Å²) in [7, 11) is 0. The predicted octanol–water partition coefficient (Wildman–Crippen LogP) is 8.00. The lowest BCUT2D eigenvalue weighted by molar-refractivity contribution is -0.275. The standard InChI is InChI=1S/C23H28F8O2/c1-2-3-13-4-6-14(7-5-13)15-10-18(25)21(19(26)11-15)22(27,28)32-16-8-9-20(17(24)12-16)33-23(29,30)31/h8-9,12-15,18-19,21H,2-7,10-11H2,1H3. The molecule has 0 aromatic heterocycles. The maximum absolute atomic E-state index is 14.8. The summed E-state index contributed by atoms with van der Waals surface area (Å²) < 4.78 is 117. The van der Waals surface area contributed by atoms with E-state index in [2.05, 4.69) is 16.4 Å². The molecule has 1 aromatic carbocycles. The molecule has 2 atom stereocenters. The molecular weight excluding hydrogens is 460 g/mol. The van der Waals surface area contributed by atoms with Gasteiger partial charge in [-0.3, -0.25) is 0 Å². The number of rotatable bonds is 7. The van der Waals surface area contributed by atoms with E-state index in [4.69, 9.17) is 0 Å². The molecule has 33 heavy (non-hydrogen) atoms. The molecule has 2 fully saturated rings. The molecule has 0 amide bonds. The highest BCUT2D eigenvalue weighted by Gasteiger charge is 2.56. The van der Waals surface area contributed by atoms with E-state index in [0.717, 1.165) is 38.5 Å². The van der Waals surface area contributed by atoms with Crippen molar-refractivity contribution in [3.8, 4) is 11.5 Å². The molecule has 0 saturated heterocycles. The number of hydrogen-bond acceptors (Lipinski definition) is 2. The first-order chi connectivity index (χ1) is 15.4. The minimum Gasteiger partial charge on any atom is -0.432 e. The van der Waals surface area contributed by atoms with Crippen molar-refractivity contribution in [1.29, 1.82) is 0 Å². The minimum absolute atomic E-state index is 0.0976. The molecule has 0 heterocycles. The Morgan fingerprint density at radius 3 is 2.00 bits per heavy atom. The van der Waals surface area contributed by atoms with E-state index >= 15 is 0 Å². The van der Waals surface area contributed by atoms with Gasteiger partial charge in [0, 0.05) is 6.07 Å². The van der Waals surface area contributed by atoms with Gasteiger partial charge in [0.15, 0.2) is 11.6 Å². The summed E-state index contributed by atoms with van der Waals surface area (Å²) in [6, 6.07) is 1.34. The monoisotopic (exact) mass is 488 g/mol. The van der Waals surface area contributed by atoms with Crippen LogP contribution in [0.25, 0.3) is 0 Å². The fourth-order valence-electron chi connectivity index (χ4n) is 5.33. The average Bonchev–Trinajstić information content (AvgIpc) is 2.69. The van der Waals surface area contributed by atoms with Gasteiger partial charge in [-0.25, -0.2) is 13.2 Å². The van der Waals surface area contributed by atoms with Gasteiger partial charge in [-0.05, 0) is 55.6 Å². The molecule has 2 aliphatic carbocycles. The molecule has 0 N–H and O–H groups in total. The SMILES string of the molecule is CCCC1CCC(C2CC(F)C(C(F)(F)Oc3ccc(OC(F)(F)F)c(F)c3)C(F)C2)CC1. The Labute approximate surface area is 187 Å². The molecule has 1 aromatic rings. The number of ether oxygens (including phenoxy) is 2. The molecule has 0 aliphatic heterocycles. The lowest BCUT2D eigenvalue weighted by Gasteiger charge is -2.42. The predicted molar refractivity (Wildman–Crippen MR) is 105 cm³/mol. The van der Waals surface area contributed by atoms with Crippen molar-refractivity contribution in [2.45, 2.75) is 83.1 Å². The molecule has 3 rings (SSSR count). The molecule has 2 aliphatic rings. The second kappa shape index (κ2) is 10.3. The maximum atomic E-state index is 14.8. The molecule has 0 spiro atoms. The Kier molecular flexibility index (Phi) is 8.04. The van der Waals surface area contributed by atoms with Crippen LogP contribution in [0.4, 0.5) is 35.1 Å². The van der Waals surface area contributed by atoms with Crippen LogP contribution in [0.1, 0.15) is 58.3 Å². The van der Waals surface area contributed by atoms with Crippen molar-refractivity contribution in [1.82, 2.24) is 0 Å². The van der Waals surface area contributed by atoms with Crippen LogP contribution in [0.15, 0.2) is 18.2 Å². The second-order valence-corrected chi connectivity index (χ2v) is 9.16. The highest BCUT2D eigenvalue weighted by molar-refractivity contribution is 5.33. The maximum Gasteiger partial charge on any atom is 0.573 e. The molecule has 2 nitrogen and oxygen atoms in total. The van der Waals surface area contributed by atoms with Crippen molar-refractivity contribution in [3.05, 3.63) is 24.0 Å². The van der Waals surface area contributed by atoms with Gasteiger partial charge in [0.25, 0.3) is 0 Å². The van der Waals surface area contributed by atoms with E-state index in [0.29, 0.717) is 18.1 Å². The Hall–Kier alpha value is -1.74. The van der Waals surface area contributed by atoms with E-state index < -0.39 is 48.0 Å². The van der Waals surface area contributed by atoms with Crippen molar-refractivity contribution >= 4 is 0 Å². The summed E-state index contributed by atoms with van der Waals surface area (Å²) in [5.74, 6) is -5.71. The van der Waals surface area contributed by atoms with Crippen molar-refractivity contribution in [3.63, 3.8) is 0 Å². The quantitative estimate of drug-likeness (QED) is 0.362. The van der Waals surface area contributed by atoms with Crippen LogP contribution in [0.5, 0.6) is 11.5 Å². The Morgan fingerprint density at radius 1 is 0.879 bits per heavy atom. The molecule has 2 unspecified atom stereocenters. The molecule has 10 heteroatoms. The van der Waals surface area contributed by atoms with Crippen LogP contribution < -0.4 is 9.47 Å². The van der Waals surface area contributed by atoms with Crippen LogP contribution in [0.3, 0.4) is 0 Å². The fourth-order valence-corrected chi connectivity index (χ4v) is 5.33. The summed E-state index contributed by atoms with van der Waals surface area (Å²) in [6.07, 6.45) is -8.43. The second-order valence-electron chi connectivity index (χ2n) is 9.16. The third kappa shape index (κ3) is 6.66. The summed E-state index contributed by atoms with van der Waals surface area (Å²) >= 11 is 0. The van der Waals surface area contributed by atoms with E-state index in [1.165, 1.54) is 0 Å². The molecule has 0 radical (unpaired) electrons. The van der Waals surface area contributed by atoms with Crippen molar-refractivity contribution < 1.29 is 44.6 Å². The van der Waals surface area contributed by atoms with Crippen molar-refractivity contribution in [2.75, 3.05) is 0 Å². The lowest BCUT2D eigenvalue weighted by atomic mass is 9.67. The van der Waals surface area contributed by atoms with Crippen LogP contribution >= 0.6 is 0 Å². The summed E-state index contributed by atoms with van der Waals surface area (Å²) in [6.45, 7) is 2.11. The van der Waals surface area contributed by atoms with E-state index in [9.17, 15) is 35.1 Å². The zero-order valence-electron chi connectivity index (χ0n) is 18.2. The van der Waals surface area contributed by atoms with Gasteiger partial charge in [-0.15, -0.1) is 13.2 Å². The number of benzene rings is 1. The zero-order valence-corrected chi connectivity index (χ0v) is 18.2. The van der Waals surface area contributed by atoms with Gasteiger partial charge < -0.3 is 9.47 Å². The van der Waals surface area contributed by atoms with Gasteiger partial charge in [0.05, 0.1) is 0 Å². The van der Waals surface area contributed by atoms with Crippen LogP contribution in [0.2, 0.25) is 0 Å². The van der Waals surface area contributed by atoms with Crippen LogP contribution in [-0.2, 0) is 0 Å². The van der Waals surface area contributed by atoms with Gasteiger partial charge in [0.1, 0.15) is 24.0 Å². The van der Waals surface area contributed by atoms with E-state index in [1.807, 2.05) is 0 Å². The van der Waals surface area contributed by atoms with Crippen LogP contribution in [0, 0.1) is 29.5 Å². The fraction of sp³-hybridized carbons (Fsp3) is 0.739. The van der Waals surface area contributed by atoms with E-state index in [-0.39, 0.29) is 30.7 Å². The highest BCUT2D eigenvalue weighted by atomic mass is 19.4. The van der Waals surface area contributed by atoms with Crippen LogP contribution in [-0.4, -0.2) is 24.8 Å². The first kappa shape index (κ1) is 25.9. The number of hydrogen-bond donors (Lipinski definition) is 0. The summed E-state index contributed by atoms with van der Waals surface area (Å²) in [5.41, 5.74) is 0. The molecular formula is C23H28F8O2. The third-order valence-electron chi connectivity index (χ3n) is 6.86. The minimum atomic E-state index is -5.18. The first-order valence-electron chi connectivity index (χ1n) is 11.3. The molecule has 0 bridgehead atoms. The van der Waals surface area contributed by atoms with E-state index in [1.54, 1.807) is 0 Å². The van der Waals surface area contributed by atoms with Gasteiger partial charge >= 0.3 is 12.5 Å². The van der Waals surface area contributed by atoms with Gasteiger partial charge in [-0.1, -0.05) is 32.6 Å². The largest absolute Gasteiger partial charge is 0.573 e. The topological polar surface area (TPSA) is 18.5 Å². The average molecular weight is 488 g/mol. The molecule has 2 saturated carbocycles. The first-order valence-corrected chi connectivity index (χ1v) is 11.3. The third-order valence-corrected chi connectivity index (χ3v) is 6.86. The summed E-state index contributed by atoms with van der Waals surface area (Å²) in [5, 5.41) is 0. The Bertz CT molecular complexity index is 764. The number of alkyl halides is 7. The highest BCUT2D eigenvalue weighted by Crippen LogP contribution is 2.48. The zero-order chi connectivity index (χ0) is 24.4. The van der Waals surface area contributed by atoms with Crippen molar-refractivity contribution in [2.24, 2.45) is 23.7 Å². The molecule has 188 valence electrons. The van der Waals surface area contributed by atoms with Gasteiger partial charge in [0.2, 0.25) is 0 Å². The van der Waals surface area contributed by atoms with Gasteiger partial charge in [-0.2, -0.15) is 8.78 Å². The Balaban J connectivity index is 1.62. The summed E-state index contributed by atoms with van der Waals surface area (Å²) in [4.78, 5) is 0. The smallest absolute Gasteiger partial charge is 0.432 e. The normalized spacial score (nSPS) is 31.3.